The summed E-state index contributed by atoms with van der Waals surface area (Å²) in [5.74, 6) is 0.319. The number of carbonyl (C=O) groups excluding carboxylic acids is 1. The lowest BCUT2D eigenvalue weighted by Gasteiger charge is -2.25. The summed E-state index contributed by atoms with van der Waals surface area (Å²) in [5.41, 5.74) is 4.44. The van der Waals surface area contributed by atoms with Crippen molar-refractivity contribution in [2.24, 2.45) is 0 Å². The number of benzene rings is 1. The summed E-state index contributed by atoms with van der Waals surface area (Å²) in [4.78, 5) is 11.8. The predicted molar refractivity (Wildman–Crippen MR) is 91.5 cm³/mol. The molecule has 1 aliphatic rings. The molecule has 0 saturated heterocycles. The van der Waals surface area contributed by atoms with Crippen molar-refractivity contribution in [1.29, 1.82) is 0 Å². The molecule has 2 N–H and O–H groups in total. The van der Waals surface area contributed by atoms with E-state index in [1.165, 1.54) is 11.1 Å². The van der Waals surface area contributed by atoms with Crippen molar-refractivity contribution >= 4 is 11.6 Å². The molecular formula is C18H24N4O. The van der Waals surface area contributed by atoms with Gasteiger partial charge in [-0.1, -0.05) is 18.2 Å². The van der Waals surface area contributed by atoms with Crippen LogP contribution in [-0.2, 0) is 11.3 Å². The topological polar surface area (TPSA) is 59.0 Å². The molecule has 1 aromatic heterocycles. The van der Waals surface area contributed by atoms with Gasteiger partial charge in [0.2, 0.25) is 5.91 Å². The summed E-state index contributed by atoms with van der Waals surface area (Å²) in [5, 5.41) is 11.0. The van der Waals surface area contributed by atoms with Crippen molar-refractivity contribution in [3.8, 4) is 0 Å². The second kappa shape index (κ2) is 6.54. The molecule has 1 aromatic carbocycles. The van der Waals surface area contributed by atoms with Crippen molar-refractivity contribution in [2.45, 2.75) is 45.7 Å². The van der Waals surface area contributed by atoms with Crippen molar-refractivity contribution in [2.75, 3.05) is 11.9 Å². The summed E-state index contributed by atoms with van der Waals surface area (Å²) >= 11 is 0. The third kappa shape index (κ3) is 3.45. The van der Waals surface area contributed by atoms with E-state index in [-0.39, 0.29) is 11.8 Å². The number of para-hydroxylation sites is 1. The molecule has 3 rings (SSSR count). The van der Waals surface area contributed by atoms with Gasteiger partial charge in [-0.3, -0.25) is 9.48 Å². The maximum atomic E-state index is 11.8. The van der Waals surface area contributed by atoms with E-state index in [1.54, 1.807) is 0 Å². The largest absolute Gasteiger partial charge is 0.326 e. The van der Waals surface area contributed by atoms with Gasteiger partial charge in [-0.25, -0.2) is 0 Å². The maximum absolute atomic E-state index is 11.8. The standard InChI is InChI=1S/C18H24N4O/c1-12(2)22-11-15(13(3)21-22)10-19-9-14-8-18(23)20-17-7-5-4-6-16(14)17/h4-7,11-12,14,19H,8-10H2,1-3H3,(H,20,23). The molecular weight excluding hydrogens is 288 g/mol. The minimum Gasteiger partial charge on any atom is -0.326 e. The van der Waals surface area contributed by atoms with Gasteiger partial charge in [-0.2, -0.15) is 5.10 Å². The molecule has 0 bridgehead atoms. The van der Waals surface area contributed by atoms with Crippen LogP contribution >= 0.6 is 0 Å². The lowest BCUT2D eigenvalue weighted by molar-refractivity contribution is -0.116. The van der Waals surface area contributed by atoms with E-state index in [1.807, 2.05) is 29.8 Å². The highest BCUT2D eigenvalue weighted by Gasteiger charge is 2.24. The average molecular weight is 312 g/mol. The van der Waals surface area contributed by atoms with Crippen LogP contribution in [0.2, 0.25) is 0 Å². The molecule has 0 spiro atoms. The van der Waals surface area contributed by atoms with Gasteiger partial charge in [0.05, 0.1) is 5.69 Å². The first kappa shape index (κ1) is 15.7. The zero-order valence-corrected chi connectivity index (χ0v) is 14.0. The Bertz CT molecular complexity index is 705. The lowest BCUT2D eigenvalue weighted by Crippen LogP contribution is -2.29. The molecule has 5 heteroatoms. The van der Waals surface area contributed by atoms with E-state index in [9.17, 15) is 4.79 Å². The first-order chi connectivity index (χ1) is 11.0. The Morgan fingerprint density at radius 1 is 1.39 bits per heavy atom. The van der Waals surface area contributed by atoms with E-state index in [2.05, 4.69) is 41.8 Å². The fourth-order valence-electron chi connectivity index (χ4n) is 3.02. The first-order valence-corrected chi connectivity index (χ1v) is 8.18. The van der Waals surface area contributed by atoms with E-state index < -0.39 is 0 Å². The van der Waals surface area contributed by atoms with Crippen molar-refractivity contribution in [1.82, 2.24) is 15.1 Å². The van der Waals surface area contributed by atoms with Crippen LogP contribution < -0.4 is 10.6 Å². The molecule has 2 aromatic rings. The molecule has 0 radical (unpaired) electrons. The third-order valence-corrected chi connectivity index (χ3v) is 4.36. The molecule has 5 nitrogen and oxygen atoms in total. The molecule has 0 fully saturated rings. The Balaban J connectivity index is 1.64. The SMILES string of the molecule is Cc1nn(C(C)C)cc1CNCC1CC(=O)Nc2ccccc21. The fourth-order valence-corrected chi connectivity index (χ4v) is 3.02. The molecule has 1 aliphatic heterocycles. The number of carbonyl (C=O) groups is 1. The van der Waals surface area contributed by atoms with Gasteiger partial charge >= 0.3 is 0 Å². The van der Waals surface area contributed by atoms with Gasteiger partial charge in [-0.05, 0) is 32.4 Å². The highest BCUT2D eigenvalue weighted by Crippen LogP contribution is 2.31. The van der Waals surface area contributed by atoms with Gasteiger partial charge in [0.1, 0.15) is 0 Å². The Morgan fingerprint density at radius 2 is 2.17 bits per heavy atom. The summed E-state index contributed by atoms with van der Waals surface area (Å²) in [6, 6.07) is 8.43. The number of fused-ring (bicyclic) bond motifs is 1. The van der Waals surface area contributed by atoms with Crippen LogP contribution in [0.3, 0.4) is 0 Å². The second-order valence-electron chi connectivity index (χ2n) is 6.48. The monoisotopic (exact) mass is 312 g/mol. The van der Waals surface area contributed by atoms with Crippen molar-refractivity contribution in [3.05, 3.63) is 47.3 Å². The minimum atomic E-state index is 0.0966. The van der Waals surface area contributed by atoms with Gasteiger partial charge in [-0.15, -0.1) is 0 Å². The number of nitrogens with one attached hydrogen (secondary N) is 2. The predicted octanol–water partition coefficient (Wildman–Crippen LogP) is 2.99. The zero-order chi connectivity index (χ0) is 16.4. The van der Waals surface area contributed by atoms with Gasteiger partial charge in [0.25, 0.3) is 0 Å². The van der Waals surface area contributed by atoms with E-state index in [0.29, 0.717) is 12.5 Å². The molecule has 1 amide bonds. The van der Waals surface area contributed by atoms with Gasteiger partial charge in [0.15, 0.2) is 0 Å². The van der Waals surface area contributed by atoms with Crippen molar-refractivity contribution < 1.29 is 4.79 Å². The number of nitrogens with zero attached hydrogens (tertiary/aromatic N) is 2. The summed E-state index contributed by atoms with van der Waals surface area (Å²) in [6.45, 7) is 7.86. The van der Waals surface area contributed by atoms with Crippen LogP contribution in [0.5, 0.6) is 0 Å². The third-order valence-electron chi connectivity index (χ3n) is 4.36. The number of hydrogen-bond acceptors (Lipinski definition) is 3. The Morgan fingerprint density at radius 3 is 2.91 bits per heavy atom. The van der Waals surface area contributed by atoms with Crippen LogP contribution in [0.25, 0.3) is 0 Å². The van der Waals surface area contributed by atoms with Gasteiger partial charge in [0, 0.05) is 48.9 Å². The number of anilines is 1. The van der Waals surface area contributed by atoms with E-state index in [4.69, 9.17) is 0 Å². The number of rotatable bonds is 5. The van der Waals surface area contributed by atoms with Crippen molar-refractivity contribution in [3.63, 3.8) is 0 Å². The van der Waals surface area contributed by atoms with Crippen LogP contribution in [-0.4, -0.2) is 22.2 Å². The van der Waals surface area contributed by atoms with Gasteiger partial charge < -0.3 is 10.6 Å². The summed E-state index contributed by atoms with van der Waals surface area (Å²) in [7, 11) is 0. The normalized spacial score (nSPS) is 17.2. The highest BCUT2D eigenvalue weighted by molar-refractivity contribution is 5.94. The molecule has 0 saturated carbocycles. The Labute approximate surface area is 137 Å². The van der Waals surface area contributed by atoms with Crippen LogP contribution in [0.1, 0.15) is 49.0 Å². The molecule has 1 atom stereocenters. The molecule has 2 heterocycles. The van der Waals surface area contributed by atoms with Crippen LogP contribution in [0, 0.1) is 6.92 Å². The van der Waals surface area contributed by atoms with E-state index >= 15 is 0 Å². The zero-order valence-electron chi connectivity index (χ0n) is 14.0. The minimum absolute atomic E-state index is 0.0966. The maximum Gasteiger partial charge on any atom is 0.225 e. The average Bonchev–Trinajstić information content (AvgIpc) is 2.88. The molecule has 122 valence electrons. The van der Waals surface area contributed by atoms with Crippen LogP contribution in [0.4, 0.5) is 5.69 Å². The number of aryl methyl sites for hydroxylation is 1. The summed E-state index contributed by atoms with van der Waals surface area (Å²) < 4.78 is 2.00. The molecule has 1 unspecified atom stereocenters. The number of aromatic nitrogens is 2. The first-order valence-electron chi connectivity index (χ1n) is 8.18. The smallest absolute Gasteiger partial charge is 0.225 e. The highest BCUT2D eigenvalue weighted by atomic mass is 16.1. The summed E-state index contributed by atoms with van der Waals surface area (Å²) in [6.07, 6.45) is 2.64. The number of hydrogen-bond donors (Lipinski definition) is 2. The lowest BCUT2D eigenvalue weighted by atomic mass is 9.90. The second-order valence-corrected chi connectivity index (χ2v) is 6.48. The quantitative estimate of drug-likeness (QED) is 0.892. The van der Waals surface area contributed by atoms with Crippen LogP contribution in [0.15, 0.2) is 30.5 Å². The Hall–Kier alpha value is -2.14. The van der Waals surface area contributed by atoms with E-state index in [0.717, 1.165) is 24.5 Å². The molecule has 0 aliphatic carbocycles. The molecule has 23 heavy (non-hydrogen) atoms. The fraction of sp³-hybridized carbons (Fsp3) is 0.444. The number of amides is 1. The Kier molecular flexibility index (Phi) is 4.48.